The molecule has 0 aromatic heterocycles. The van der Waals surface area contributed by atoms with Gasteiger partial charge in [-0.1, -0.05) is 36.4 Å². The van der Waals surface area contributed by atoms with E-state index in [-0.39, 0.29) is 18.8 Å². The minimum absolute atomic E-state index is 0.119. The second-order valence-corrected chi connectivity index (χ2v) is 6.10. The number of carbonyl (C=O) groups is 2. The molecule has 6 heteroatoms. The lowest BCUT2D eigenvalue weighted by atomic mass is 9.96. The van der Waals surface area contributed by atoms with Gasteiger partial charge < -0.3 is 19.3 Å². The first-order chi connectivity index (χ1) is 11.7. The van der Waals surface area contributed by atoms with Crippen LogP contribution in [0.4, 0.5) is 0 Å². The third-order valence-electron chi connectivity index (χ3n) is 3.43. The van der Waals surface area contributed by atoms with Crippen molar-refractivity contribution in [3.63, 3.8) is 0 Å². The Kier molecular flexibility index (Phi) is 5.64. The second-order valence-electron chi connectivity index (χ2n) is 6.10. The smallest absolute Gasteiger partial charge is 0.342 e. The van der Waals surface area contributed by atoms with Crippen molar-refractivity contribution < 1.29 is 28.9 Å². The molecule has 0 fully saturated rings. The zero-order chi connectivity index (χ0) is 18.5. The number of ether oxygens (including phenoxy) is 3. The fourth-order valence-electron chi connectivity index (χ4n) is 2.38. The molecule has 0 spiro atoms. The summed E-state index contributed by atoms with van der Waals surface area (Å²) in [4.78, 5) is 23.9. The summed E-state index contributed by atoms with van der Waals surface area (Å²) in [5.41, 5.74) is -1.16. The van der Waals surface area contributed by atoms with E-state index in [2.05, 4.69) is 0 Å². The Morgan fingerprint density at radius 2 is 1.96 bits per heavy atom. The molecule has 1 aromatic rings. The molecular weight excluding hydrogens is 324 g/mol. The van der Waals surface area contributed by atoms with Crippen LogP contribution in [-0.2, 0) is 23.8 Å². The third-order valence-corrected chi connectivity index (χ3v) is 3.43. The fourth-order valence-corrected chi connectivity index (χ4v) is 2.38. The Morgan fingerprint density at radius 1 is 1.28 bits per heavy atom. The number of carbonyl (C=O) groups excluding carboxylic acids is 2. The van der Waals surface area contributed by atoms with Crippen LogP contribution in [0.25, 0.3) is 6.08 Å². The van der Waals surface area contributed by atoms with E-state index < -0.39 is 23.3 Å². The number of benzene rings is 1. The van der Waals surface area contributed by atoms with Crippen molar-refractivity contribution in [3.8, 4) is 0 Å². The van der Waals surface area contributed by atoms with Crippen molar-refractivity contribution in [1.29, 1.82) is 0 Å². The third kappa shape index (κ3) is 5.19. The summed E-state index contributed by atoms with van der Waals surface area (Å²) in [7, 11) is 0. The highest BCUT2D eigenvalue weighted by Crippen LogP contribution is 2.29. The minimum atomic E-state index is -1.97. The van der Waals surface area contributed by atoms with Crippen molar-refractivity contribution in [2.75, 3.05) is 6.61 Å². The predicted octanol–water partition coefficient (Wildman–Crippen LogP) is 2.58. The van der Waals surface area contributed by atoms with E-state index in [0.717, 1.165) is 11.6 Å². The molecular formula is C19H22O6. The highest BCUT2D eigenvalue weighted by molar-refractivity contribution is 5.86. The molecule has 2 rings (SSSR count). The van der Waals surface area contributed by atoms with Gasteiger partial charge in [0, 0.05) is 20.3 Å². The molecule has 1 heterocycles. The average Bonchev–Trinajstić information content (AvgIpc) is 2.52. The van der Waals surface area contributed by atoms with Crippen LogP contribution in [0.3, 0.4) is 0 Å². The van der Waals surface area contributed by atoms with Crippen LogP contribution in [0.5, 0.6) is 0 Å². The number of cyclic esters (lactones) is 1. The Morgan fingerprint density at radius 3 is 2.56 bits per heavy atom. The quantitative estimate of drug-likeness (QED) is 0.797. The van der Waals surface area contributed by atoms with Gasteiger partial charge in [0.25, 0.3) is 0 Å². The Labute approximate surface area is 146 Å². The zero-order valence-electron chi connectivity index (χ0n) is 14.5. The van der Waals surface area contributed by atoms with Crippen LogP contribution in [0.2, 0.25) is 0 Å². The monoisotopic (exact) mass is 346 g/mol. The lowest BCUT2D eigenvalue weighted by molar-refractivity contribution is -0.208. The molecule has 1 aliphatic rings. The molecule has 0 unspecified atom stereocenters. The molecule has 1 aromatic carbocycles. The Hall–Kier alpha value is -2.60. The van der Waals surface area contributed by atoms with E-state index in [9.17, 15) is 14.7 Å². The van der Waals surface area contributed by atoms with E-state index in [1.54, 1.807) is 26.8 Å². The molecule has 0 bridgehead atoms. The van der Waals surface area contributed by atoms with Gasteiger partial charge in [-0.2, -0.15) is 0 Å². The highest BCUT2D eigenvalue weighted by atomic mass is 16.7. The highest BCUT2D eigenvalue weighted by Gasteiger charge is 2.40. The van der Waals surface area contributed by atoms with E-state index in [1.165, 1.54) is 6.08 Å². The summed E-state index contributed by atoms with van der Waals surface area (Å²) < 4.78 is 15.5. The van der Waals surface area contributed by atoms with Crippen LogP contribution in [0.1, 0.15) is 32.8 Å². The normalized spacial score (nSPS) is 18.7. The van der Waals surface area contributed by atoms with E-state index in [4.69, 9.17) is 14.2 Å². The summed E-state index contributed by atoms with van der Waals surface area (Å²) in [6.45, 7) is 4.91. The molecule has 134 valence electrons. The van der Waals surface area contributed by atoms with Crippen molar-refractivity contribution in [2.24, 2.45) is 0 Å². The average molecular weight is 346 g/mol. The summed E-state index contributed by atoms with van der Waals surface area (Å²) in [6.07, 6.45) is 3.83. The van der Waals surface area contributed by atoms with Gasteiger partial charge in [-0.15, -0.1) is 0 Å². The van der Waals surface area contributed by atoms with Crippen molar-refractivity contribution >= 4 is 18.0 Å². The molecule has 0 aliphatic carbocycles. The van der Waals surface area contributed by atoms with Crippen LogP contribution >= 0.6 is 0 Å². The number of aliphatic hydroxyl groups is 1. The first-order valence-corrected chi connectivity index (χ1v) is 8.00. The predicted molar refractivity (Wildman–Crippen MR) is 91.0 cm³/mol. The molecule has 25 heavy (non-hydrogen) atoms. The maximum Gasteiger partial charge on any atom is 0.342 e. The lowest BCUT2D eigenvalue weighted by Gasteiger charge is -2.33. The maximum atomic E-state index is 12.3. The number of hydrogen-bond acceptors (Lipinski definition) is 6. The Bertz CT molecular complexity index is 689. The number of hydrogen-bond donors (Lipinski definition) is 1. The van der Waals surface area contributed by atoms with Gasteiger partial charge in [-0.05, 0) is 18.6 Å². The van der Waals surface area contributed by atoms with Gasteiger partial charge in [0.15, 0.2) is 5.60 Å². The number of rotatable bonds is 6. The van der Waals surface area contributed by atoms with Crippen LogP contribution < -0.4 is 0 Å². The zero-order valence-corrected chi connectivity index (χ0v) is 14.5. The fraction of sp³-hybridized carbons (Fsp3) is 0.368. The number of esters is 2. The first kappa shape index (κ1) is 18.7. The molecule has 0 saturated carbocycles. The Balaban J connectivity index is 2.28. The molecule has 1 atom stereocenters. The first-order valence-electron chi connectivity index (χ1n) is 8.00. The van der Waals surface area contributed by atoms with Gasteiger partial charge in [-0.25, -0.2) is 9.59 Å². The van der Waals surface area contributed by atoms with Crippen LogP contribution in [-0.4, -0.2) is 35.0 Å². The van der Waals surface area contributed by atoms with Crippen molar-refractivity contribution in [2.45, 2.75) is 38.6 Å². The van der Waals surface area contributed by atoms with E-state index >= 15 is 0 Å². The second kappa shape index (κ2) is 7.53. The molecule has 0 amide bonds. The van der Waals surface area contributed by atoms with Crippen molar-refractivity contribution in [1.82, 2.24) is 0 Å². The summed E-state index contributed by atoms with van der Waals surface area (Å²) >= 11 is 0. The largest absolute Gasteiger partial charge is 0.464 e. The van der Waals surface area contributed by atoms with Gasteiger partial charge in [0.1, 0.15) is 5.76 Å². The molecule has 6 nitrogen and oxygen atoms in total. The van der Waals surface area contributed by atoms with Gasteiger partial charge in [0.2, 0.25) is 5.79 Å². The van der Waals surface area contributed by atoms with Crippen LogP contribution in [0.15, 0.2) is 48.2 Å². The maximum absolute atomic E-state index is 12.3. The lowest BCUT2D eigenvalue weighted by Crippen LogP contribution is -2.41. The standard InChI is InChI=1S/C19H22O6/c1-4-23-17(21)19(22,11-10-14-8-6-5-7-9-14)13-15-12-16(20)25-18(2,3)24-15/h5-12,22H,4,13H2,1-3H3/b11-10+/t19-/m0/s1. The summed E-state index contributed by atoms with van der Waals surface area (Å²) in [5.74, 6) is -2.43. The summed E-state index contributed by atoms with van der Waals surface area (Å²) in [6, 6.07) is 9.21. The summed E-state index contributed by atoms with van der Waals surface area (Å²) in [5, 5.41) is 10.8. The minimum Gasteiger partial charge on any atom is -0.464 e. The SMILES string of the molecule is CCOC(=O)[C@](O)(/C=C/c1ccccc1)CC1=CC(=O)OC(C)(C)O1. The van der Waals surface area contributed by atoms with E-state index in [0.29, 0.717) is 0 Å². The van der Waals surface area contributed by atoms with Gasteiger partial charge >= 0.3 is 11.9 Å². The molecule has 1 aliphatic heterocycles. The molecule has 0 radical (unpaired) electrons. The molecule has 0 saturated heterocycles. The van der Waals surface area contributed by atoms with Crippen molar-refractivity contribution in [3.05, 3.63) is 53.8 Å². The van der Waals surface area contributed by atoms with E-state index in [1.807, 2.05) is 30.3 Å². The van der Waals surface area contributed by atoms with Gasteiger partial charge in [0.05, 0.1) is 12.7 Å². The van der Waals surface area contributed by atoms with Crippen LogP contribution in [0, 0.1) is 0 Å². The molecule has 1 N–H and O–H groups in total. The van der Waals surface area contributed by atoms with Gasteiger partial charge in [-0.3, -0.25) is 0 Å². The topological polar surface area (TPSA) is 82.1 Å².